The molecule has 0 amide bonds. The third-order valence-corrected chi connectivity index (χ3v) is 6.23. The van der Waals surface area contributed by atoms with E-state index in [1.165, 1.54) is 16.7 Å². The molecule has 0 unspecified atom stereocenters. The second kappa shape index (κ2) is 12.1. The minimum Gasteiger partial charge on any atom is -0.508 e. The van der Waals surface area contributed by atoms with Gasteiger partial charge in [-0.3, -0.25) is 0 Å². The standard InChI is InChI=1S/C12H18O.2C11H16O/c1-8-6-9(2)11(13)10(7-8)12(3,4)5;1-8-7-9(12)5-6-10(8)11(2,3)4;1-8-5-6-10(12)9(7-8)11(2,3)4/h6-7,13H,1-5H3;2*5-7,12H,1-4H3. The summed E-state index contributed by atoms with van der Waals surface area (Å²) in [5.74, 6) is 1.19. The summed E-state index contributed by atoms with van der Waals surface area (Å²) in [6.07, 6.45) is 0. The predicted octanol–water partition coefficient (Wildman–Crippen LogP) is 9.30. The van der Waals surface area contributed by atoms with E-state index in [1.54, 1.807) is 18.2 Å². The van der Waals surface area contributed by atoms with Crippen LogP contribution in [-0.4, -0.2) is 15.3 Å². The average molecular weight is 507 g/mol. The van der Waals surface area contributed by atoms with Crippen LogP contribution in [0.2, 0.25) is 0 Å². The topological polar surface area (TPSA) is 60.7 Å². The number of benzene rings is 3. The van der Waals surface area contributed by atoms with Crippen molar-refractivity contribution in [3.05, 3.63) is 87.5 Å². The Kier molecular flexibility index (Phi) is 10.5. The molecule has 0 aliphatic carbocycles. The summed E-state index contributed by atoms with van der Waals surface area (Å²) < 4.78 is 0. The van der Waals surface area contributed by atoms with Crippen molar-refractivity contribution in [3.63, 3.8) is 0 Å². The smallest absolute Gasteiger partial charge is 0.122 e. The first kappa shape index (κ1) is 32.1. The second-order valence-corrected chi connectivity index (χ2v) is 13.2. The highest BCUT2D eigenvalue weighted by atomic mass is 16.3. The fraction of sp³-hybridized carbons (Fsp3) is 0.471. The van der Waals surface area contributed by atoms with Crippen molar-refractivity contribution in [1.29, 1.82) is 0 Å². The molecule has 0 heterocycles. The number of hydrogen-bond acceptors (Lipinski definition) is 3. The SMILES string of the molecule is Cc1cc(C)c(O)c(C(C)(C)C)c1.Cc1cc(O)ccc1C(C)(C)C.Cc1ccc(O)c(C(C)(C)C)c1. The van der Waals surface area contributed by atoms with Crippen molar-refractivity contribution in [2.45, 2.75) is 106 Å². The van der Waals surface area contributed by atoms with Crippen LogP contribution in [0.3, 0.4) is 0 Å². The van der Waals surface area contributed by atoms with E-state index >= 15 is 0 Å². The molecule has 37 heavy (non-hydrogen) atoms. The van der Waals surface area contributed by atoms with Gasteiger partial charge in [0.2, 0.25) is 0 Å². The summed E-state index contributed by atoms with van der Waals surface area (Å²) in [6.45, 7) is 27.2. The largest absolute Gasteiger partial charge is 0.508 e. The first-order chi connectivity index (χ1) is 16.6. The fourth-order valence-electron chi connectivity index (χ4n) is 4.27. The fourth-order valence-corrected chi connectivity index (χ4v) is 4.27. The molecule has 0 bridgehead atoms. The molecular weight excluding hydrogens is 456 g/mol. The highest BCUT2D eigenvalue weighted by Gasteiger charge is 2.19. The zero-order valence-corrected chi connectivity index (χ0v) is 25.5. The monoisotopic (exact) mass is 506 g/mol. The summed E-state index contributed by atoms with van der Waals surface area (Å²) in [5, 5.41) is 28.6. The maximum absolute atomic E-state index is 9.86. The van der Waals surface area contributed by atoms with Crippen LogP contribution < -0.4 is 0 Å². The minimum atomic E-state index is 0.0147. The summed E-state index contributed by atoms with van der Waals surface area (Å²) in [7, 11) is 0. The van der Waals surface area contributed by atoms with Gasteiger partial charge in [0.15, 0.2) is 0 Å². The first-order valence-electron chi connectivity index (χ1n) is 13.1. The Morgan fingerprint density at radius 2 is 0.946 bits per heavy atom. The third-order valence-electron chi connectivity index (χ3n) is 6.23. The molecule has 3 N–H and O–H groups in total. The van der Waals surface area contributed by atoms with Crippen LogP contribution in [0, 0.1) is 27.7 Å². The average Bonchev–Trinajstić information content (AvgIpc) is 2.71. The lowest BCUT2D eigenvalue weighted by Crippen LogP contribution is -2.12. The van der Waals surface area contributed by atoms with Gasteiger partial charge in [-0.05, 0) is 90.0 Å². The van der Waals surface area contributed by atoms with Crippen molar-refractivity contribution >= 4 is 0 Å². The zero-order chi connectivity index (χ0) is 28.9. The Morgan fingerprint density at radius 1 is 0.459 bits per heavy atom. The van der Waals surface area contributed by atoms with E-state index in [9.17, 15) is 15.3 Å². The van der Waals surface area contributed by atoms with E-state index < -0.39 is 0 Å². The summed E-state index contributed by atoms with van der Waals surface area (Å²) in [4.78, 5) is 0. The highest BCUT2D eigenvalue weighted by Crippen LogP contribution is 2.34. The molecule has 0 spiro atoms. The van der Waals surface area contributed by atoms with E-state index in [0.29, 0.717) is 17.2 Å². The molecule has 0 aliphatic heterocycles. The van der Waals surface area contributed by atoms with Gasteiger partial charge in [0.1, 0.15) is 17.2 Å². The number of hydrogen-bond donors (Lipinski definition) is 3. The molecule has 3 heteroatoms. The second-order valence-electron chi connectivity index (χ2n) is 13.2. The lowest BCUT2D eigenvalue weighted by molar-refractivity contribution is 0.442. The van der Waals surface area contributed by atoms with E-state index in [-0.39, 0.29) is 16.2 Å². The quantitative estimate of drug-likeness (QED) is 0.285. The normalized spacial score (nSPS) is 11.7. The van der Waals surface area contributed by atoms with E-state index in [2.05, 4.69) is 75.3 Å². The molecular formula is C34H50O3. The summed E-state index contributed by atoms with van der Waals surface area (Å²) in [6, 6.07) is 15.3. The highest BCUT2D eigenvalue weighted by molar-refractivity contribution is 5.46. The number of aryl methyl sites for hydroxylation is 4. The number of phenolic OH excluding ortho intramolecular Hbond substituents is 3. The van der Waals surface area contributed by atoms with Crippen LogP contribution in [0.4, 0.5) is 0 Å². The lowest BCUT2D eigenvalue weighted by Gasteiger charge is -2.22. The van der Waals surface area contributed by atoms with Gasteiger partial charge < -0.3 is 15.3 Å². The Bertz CT molecular complexity index is 1180. The molecule has 0 radical (unpaired) electrons. The molecule has 204 valence electrons. The van der Waals surface area contributed by atoms with Crippen LogP contribution >= 0.6 is 0 Å². The van der Waals surface area contributed by atoms with Gasteiger partial charge in [-0.25, -0.2) is 0 Å². The van der Waals surface area contributed by atoms with Crippen molar-refractivity contribution < 1.29 is 15.3 Å². The van der Waals surface area contributed by atoms with Gasteiger partial charge in [-0.2, -0.15) is 0 Å². The van der Waals surface area contributed by atoms with Crippen LogP contribution in [-0.2, 0) is 16.2 Å². The van der Waals surface area contributed by atoms with Gasteiger partial charge in [0.25, 0.3) is 0 Å². The van der Waals surface area contributed by atoms with Crippen molar-refractivity contribution in [1.82, 2.24) is 0 Å². The molecule has 0 fully saturated rings. The summed E-state index contributed by atoms with van der Waals surface area (Å²) >= 11 is 0. The molecule has 0 aliphatic rings. The van der Waals surface area contributed by atoms with Gasteiger partial charge in [-0.1, -0.05) is 104 Å². The zero-order valence-electron chi connectivity index (χ0n) is 25.5. The molecule has 3 nitrogen and oxygen atoms in total. The van der Waals surface area contributed by atoms with E-state index in [4.69, 9.17) is 0 Å². The van der Waals surface area contributed by atoms with Crippen LogP contribution in [0.25, 0.3) is 0 Å². The molecule has 0 saturated heterocycles. The van der Waals surface area contributed by atoms with E-state index in [1.807, 2.05) is 45.0 Å². The number of phenols is 3. The number of aromatic hydroxyl groups is 3. The first-order valence-corrected chi connectivity index (χ1v) is 13.1. The molecule has 0 atom stereocenters. The molecule has 3 aromatic carbocycles. The molecule has 0 aromatic heterocycles. The lowest BCUT2D eigenvalue weighted by atomic mass is 9.84. The van der Waals surface area contributed by atoms with Gasteiger partial charge in [0.05, 0.1) is 0 Å². The maximum Gasteiger partial charge on any atom is 0.122 e. The third kappa shape index (κ3) is 9.80. The van der Waals surface area contributed by atoms with Crippen molar-refractivity contribution in [2.24, 2.45) is 0 Å². The number of rotatable bonds is 0. The summed E-state index contributed by atoms with van der Waals surface area (Å²) in [5.41, 5.74) is 8.06. The Labute approximate surface area is 226 Å². The Hall–Kier alpha value is -2.94. The van der Waals surface area contributed by atoms with Crippen LogP contribution in [0.5, 0.6) is 17.2 Å². The van der Waals surface area contributed by atoms with Crippen LogP contribution in [0.1, 0.15) is 101 Å². The van der Waals surface area contributed by atoms with Crippen LogP contribution in [0.15, 0.2) is 48.5 Å². The predicted molar refractivity (Wildman–Crippen MR) is 159 cm³/mol. The molecule has 3 aromatic rings. The van der Waals surface area contributed by atoms with E-state index in [0.717, 1.165) is 22.3 Å². The van der Waals surface area contributed by atoms with Gasteiger partial charge in [0, 0.05) is 0 Å². The van der Waals surface area contributed by atoms with Gasteiger partial charge >= 0.3 is 0 Å². The minimum absolute atomic E-state index is 0.0147. The van der Waals surface area contributed by atoms with Crippen molar-refractivity contribution in [2.75, 3.05) is 0 Å². The Balaban J connectivity index is 0.000000278. The molecule has 3 rings (SSSR count). The maximum atomic E-state index is 9.86. The Morgan fingerprint density at radius 3 is 1.38 bits per heavy atom. The van der Waals surface area contributed by atoms with Gasteiger partial charge in [-0.15, -0.1) is 0 Å². The molecule has 0 saturated carbocycles. The van der Waals surface area contributed by atoms with Crippen molar-refractivity contribution in [3.8, 4) is 17.2 Å².